The fraction of sp³-hybridized carbons (Fsp3) is 0.368. The van der Waals surface area contributed by atoms with Crippen molar-refractivity contribution in [3.63, 3.8) is 0 Å². The summed E-state index contributed by atoms with van der Waals surface area (Å²) in [4.78, 5) is 6.55. The molecule has 25 heavy (non-hydrogen) atoms. The summed E-state index contributed by atoms with van der Waals surface area (Å²) in [6.45, 7) is 7.24. The topological polar surface area (TPSA) is 28.2 Å². The minimum absolute atomic E-state index is 0.0240. The van der Waals surface area contributed by atoms with Gasteiger partial charge in [0.1, 0.15) is 5.82 Å². The molecule has 1 N–H and O–H groups in total. The maximum atomic E-state index is 13.3. The van der Waals surface area contributed by atoms with Gasteiger partial charge in [0.05, 0.1) is 16.8 Å². The van der Waals surface area contributed by atoms with Gasteiger partial charge >= 0.3 is 0 Å². The molecule has 0 fully saturated rings. The van der Waals surface area contributed by atoms with Crippen LogP contribution in [0.1, 0.15) is 38.9 Å². The van der Waals surface area contributed by atoms with E-state index in [0.717, 1.165) is 18.7 Å². The summed E-state index contributed by atoms with van der Waals surface area (Å²) in [5, 5.41) is 3.80. The van der Waals surface area contributed by atoms with E-state index in [1.165, 1.54) is 12.1 Å². The first-order valence-corrected chi connectivity index (χ1v) is 9.10. The van der Waals surface area contributed by atoms with Crippen molar-refractivity contribution < 1.29 is 4.39 Å². The van der Waals surface area contributed by atoms with E-state index >= 15 is 0 Å². The molecule has 0 spiro atoms. The first-order chi connectivity index (χ1) is 11.9. The molecule has 2 rings (SSSR count). The van der Waals surface area contributed by atoms with Crippen molar-refractivity contribution in [2.75, 3.05) is 11.9 Å². The summed E-state index contributed by atoms with van der Waals surface area (Å²) in [5.41, 5.74) is 1.62. The number of hydrogen-bond donors (Lipinski definition) is 1. The molecule has 0 saturated heterocycles. The lowest BCUT2D eigenvalue weighted by molar-refractivity contribution is 0.313. The Hall–Kier alpha value is -1.72. The van der Waals surface area contributed by atoms with Crippen molar-refractivity contribution in [1.82, 2.24) is 9.88 Å². The maximum Gasteiger partial charge on any atom is 0.173 e. The smallest absolute Gasteiger partial charge is 0.173 e. The molecule has 2 aromatic rings. The zero-order chi connectivity index (χ0) is 18.4. The van der Waals surface area contributed by atoms with Gasteiger partial charge in [0.2, 0.25) is 0 Å². The zero-order valence-electron chi connectivity index (χ0n) is 14.7. The third-order valence-corrected chi connectivity index (χ3v) is 4.59. The van der Waals surface area contributed by atoms with Crippen LogP contribution in [0.15, 0.2) is 42.6 Å². The summed E-state index contributed by atoms with van der Waals surface area (Å²) < 4.78 is 13.3. The van der Waals surface area contributed by atoms with E-state index in [1.807, 2.05) is 18.2 Å². The van der Waals surface area contributed by atoms with Gasteiger partial charge in [0.25, 0.3) is 0 Å². The van der Waals surface area contributed by atoms with E-state index in [1.54, 1.807) is 12.3 Å². The van der Waals surface area contributed by atoms with Crippen LogP contribution in [0.2, 0.25) is 5.02 Å². The van der Waals surface area contributed by atoms with Gasteiger partial charge in [-0.3, -0.25) is 4.98 Å². The summed E-state index contributed by atoms with van der Waals surface area (Å²) in [7, 11) is 0. The Labute approximate surface area is 159 Å². The van der Waals surface area contributed by atoms with E-state index in [2.05, 4.69) is 36.0 Å². The molecule has 6 heteroatoms. The number of benzene rings is 1. The highest BCUT2D eigenvalue weighted by Crippen LogP contribution is 2.23. The van der Waals surface area contributed by atoms with Crippen LogP contribution in [-0.4, -0.2) is 21.5 Å². The fourth-order valence-corrected chi connectivity index (χ4v) is 2.97. The van der Waals surface area contributed by atoms with Gasteiger partial charge in [-0.2, -0.15) is 0 Å². The molecular formula is C19H23ClFN3S. The van der Waals surface area contributed by atoms with Crippen molar-refractivity contribution >= 4 is 34.6 Å². The fourth-order valence-electron chi connectivity index (χ4n) is 2.42. The number of nitrogens with one attached hydrogen (secondary N) is 1. The maximum absolute atomic E-state index is 13.3. The van der Waals surface area contributed by atoms with Crippen LogP contribution in [0.3, 0.4) is 0 Å². The second-order valence-corrected chi connectivity index (χ2v) is 7.16. The number of thiocarbonyl (C=S) groups is 1. The van der Waals surface area contributed by atoms with Crippen LogP contribution in [0.25, 0.3) is 0 Å². The lowest BCUT2D eigenvalue weighted by atomic mass is 10.1. The van der Waals surface area contributed by atoms with Gasteiger partial charge in [-0.1, -0.05) is 31.5 Å². The quantitative estimate of drug-likeness (QED) is 0.653. The van der Waals surface area contributed by atoms with Crippen LogP contribution in [0.5, 0.6) is 0 Å². The van der Waals surface area contributed by atoms with Crippen LogP contribution >= 0.6 is 23.8 Å². The van der Waals surface area contributed by atoms with Crippen LogP contribution in [0.4, 0.5) is 10.1 Å². The summed E-state index contributed by atoms with van der Waals surface area (Å²) in [5.74, 6) is 0.109. The highest BCUT2D eigenvalue weighted by atomic mass is 35.5. The predicted molar refractivity (Wildman–Crippen MR) is 106 cm³/mol. The molecule has 0 aliphatic heterocycles. The molecule has 0 aliphatic rings. The Morgan fingerprint density at radius 3 is 2.64 bits per heavy atom. The van der Waals surface area contributed by atoms with Gasteiger partial charge in [-0.25, -0.2) is 4.39 Å². The van der Waals surface area contributed by atoms with Crippen molar-refractivity contribution in [1.29, 1.82) is 0 Å². The molecule has 0 radical (unpaired) electrons. The summed E-state index contributed by atoms with van der Waals surface area (Å²) >= 11 is 11.5. The van der Waals surface area contributed by atoms with Crippen molar-refractivity contribution in [2.45, 2.75) is 33.2 Å². The second-order valence-electron chi connectivity index (χ2n) is 6.37. The van der Waals surface area contributed by atoms with Crippen molar-refractivity contribution in [3.8, 4) is 0 Å². The highest BCUT2D eigenvalue weighted by molar-refractivity contribution is 7.80. The molecular weight excluding hydrogens is 357 g/mol. The average molecular weight is 380 g/mol. The van der Waals surface area contributed by atoms with Gasteiger partial charge in [-0.15, -0.1) is 0 Å². The average Bonchev–Trinajstić information content (AvgIpc) is 2.58. The number of hydrogen-bond acceptors (Lipinski definition) is 2. The van der Waals surface area contributed by atoms with Gasteiger partial charge in [-0.05, 0) is 61.8 Å². The third-order valence-electron chi connectivity index (χ3n) is 3.96. The summed E-state index contributed by atoms with van der Waals surface area (Å²) in [6, 6.07) is 10.4. The molecule has 1 heterocycles. The molecule has 3 nitrogen and oxygen atoms in total. The molecule has 0 bridgehead atoms. The minimum Gasteiger partial charge on any atom is -0.341 e. The normalized spacial score (nSPS) is 12.1. The lowest BCUT2D eigenvalue weighted by Gasteiger charge is -2.32. The molecule has 1 unspecified atom stereocenters. The molecule has 1 atom stereocenters. The molecule has 134 valence electrons. The molecule has 0 saturated carbocycles. The van der Waals surface area contributed by atoms with Crippen molar-refractivity contribution in [3.05, 3.63) is 59.1 Å². The standard InChI is InChI=1S/C19H23ClFN3S/c1-13(2)9-11-24(14(3)18-6-4-5-10-22-18)19(25)23-15-7-8-17(21)16(20)12-15/h4-8,10,12-14H,9,11H2,1-3H3,(H,23,25). The van der Waals surface area contributed by atoms with Crippen LogP contribution in [0, 0.1) is 11.7 Å². The van der Waals surface area contributed by atoms with Gasteiger partial charge in [0, 0.05) is 18.4 Å². The number of halogens is 2. The predicted octanol–water partition coefficient (Wildman–Crippen LogP) is 5.68. The van der Waals surface area contributed by atoms with Crippen LogP contribution in [-0.2, 0) is 0 Å². The molecule has 0 aliphatic carbocycles. The van der Waals surface area contributed by atoms with E-state index in [-0.39, 0.29) is 11.1 Å². The number of anilines is 1. The minimum atomic E-state index is -0.448. The van der Waals surface area contributed by atoms with E-state index < -0.39 is 5.82 Å². The first-order valence-electron chi connectivity index (χ1n) is 8.32. The lowest BCUT2D eigenvalue weighted by Crippen LogP contribution is -2.38. The first kappa shape index (κ1) is 19.6. The highest BCUT2D eigenvalue weighted by Gasteiger charge is 2.20. The van der Waals surface area contributed by atoms with E-state index in [9.17, 15) is 4.39 Å². The second kappa shape index (κ2) is 9.11. The largest absolute Gasteiger partial charge is 0.341 e. The molecule has 0 amide bonds. The number of nitrogens with zero attached hydrogens (tertiary/aromatic N) is 2. The Kier molecular flexibility index (Phi) is 7.14. The SMILES string of the molecule is CC(C)CCN(C(=S)Nc1ccc(F)c(Cl)c1)C(C)c1ccccn1. The van der Waals surface area contributed by atoms with Gasteiger partial charge < -0.3 is 10.2 Å². The Balaban J connectivity index is 2.18. The van der Waals surface area contributed by atoms with Crippen molar-refractivity contribution in [2.24, 2.45) is 5.92 Å². The number of aromatic nitrogens is 1. The van der Waals surface area contributed by atoms with Gasteiger partial charge in [0.15, 0.2) is 5.11 Å². The monoisotopic (exact) mass is 379 g/mol. The van der Waals surface area contributed by atoms with E-state index in [4.69, 9.17) is 23.8 Å². The van der Waals surface area contributed by atoms with Crippen LogP contribution < -0.4 is 5.32 Å². The summed E-state index contributed by atoms with van der Waals surface area (Å²) in [6.07, 6.45) is 2.78. The van der Waals surface area contributed by atoms with E-state index in [0.29, 0.717) is 16.7 Å². The Morgan fingerprint density at radius 1 is 1.28 bits per heavy atom. The molecule has 1 aromatic heterocycles. The number of pyridine rings is 1. The number of rotatable bonds is 6. The Morgan fingerprint density at radius 2 is 2.04 bits per heavy atom. The third kappa shape index (κ3) is 5.65. The molecule has 1 aromatic carbocycles. The zero-order valence-corrected chi connectivity index (χ0v) is 16.2. The Bertz CT molecular complexity index is 709.